The van der Waals surface area contributed by atoms with Crippen molar-refractivity contribution in [2.24, 2.45) is 47.3 Å². The summed E-state index contributed by atoms with van der Waals surface area (Å²) in [4.78, 5) is 1.76. The average Bonchev–Trinajstić information content (AvgIpc) is 2.44. The van der Waals surface area contributed by atoms with Gasteiger partial charge in [-0.05, 0) is 85.9 Å². The molecule has 0 heterocycles. The van der Waals surface area contributed by atoms with E-state index in [1.807, 2.05) is 14.1 Å². The van der Waals surface area contributed by atoms with Crippen molar-refractivity contribution in [3.05, 3.63) is 0 Å². The molecule has 0 atom stereocenters. The fourth-order valence-corrected chi connectivity index (χ4v) is 6.89. The standard InChI is InChI=1S/C14H20.C3H7NS2.K.H/c1-7-2-12-10-4-8-5-11(9(1)10)13(3-7)14(12)6-8;1-4(2)3(5)6;;/h7-14H,1-6H2;1-2H3,(H,5,6);;/q;;+1;-1. The van der Waals surface area contributed by atoms with Crippen molar-refractivity contribution in [1.82, 2.24) is 4.90 Å². The van der Waals surface area contributed by atoms with Crippen molar-refractivity contribution < 1.29 is 52.8 Å². The number of hydrogen-bond acceptors (Lipinski definition) is 1. The molecular weight excluding hydrogens is 321 g/mol. The molecule has 7 aliphatic rings. The van der Waals surface area contributed by atoms with Gasteiger partial charge >= 0.3 is 51.4 Å². The third kappa shape index (κ3) is 2.98. The summed E-state index contributed by atoms with van der Waals surface area (Å²) in [6.07, 6.45) is 9.93. The Kier molecular flexibility index (Phi) is 5.60. The van der Waals surface area contributed by atoms with Gasteiger partial charge in [-0.25, -0.2) is 0 Å². The maximum Gasteiger partial charge on any atom is 1.00 e. The fourth-order valence-electron chi connectivity index (χ4n) is 6.89. The molecule has 0 radical (unpaired) electrons. The third-order valence-electron chi connectivity index (χ3n) is 7.32. The molecule has 1 nitrogen and oxygen atoms in total. The van der Waals surface area contributed by atoms with E-state index in [4.69, 9.17) is 0 Å². The molecule has 0 N–H and O–H groups in total. The summed E-state index contributed by atoms with van der Waals surface area (Å²) in [5, 5.41) is 0. The maximum atomic E-state index is 4.61. The van der Waals surface area contributed by atoms with Crippen LogP contribution in [0.1, 0.15) is 40.0 Å². The van der Waals surface area contributed by atoms with E-state index in [1.165, 1.54) is 47.3 Å². The number of nitrogens with zero attached hydrogens (tertiary/aromatic N) is 1. The molecule has 0 aliphatic heterocycles. The van der Waals surface area contributed by atoms with Gasteiger partial charge in [-0.2, -0.15) is 0 Å². The topological polar surface area (TPSA) is 3.24 Å². The van der Waals surface area contributed by atoms with Crippen LogP contribution >= 0.6 is 24.8 Å². The minimum absolute atomic E-state index is 0. The third-order valence-corrected chi connectivity index (χ3v) is 8.08. The predicted octanol–water partition coefficient (Wildman–Crippen LogP) is 1.20. The Bertz CT molecular complexity index is 343. The van der Waals surface area contributed by atoms with Gasteiger partial charge in [-0.15, -0.1) is 12.6 Å². The normalized spacial score (nSPS) is 50.2. The maximum absolute atomic E-state index is 4.61. The molecule has 0 aromatic heterocycles. The summed E-state index contributed by atoms with van der Waals surface area (Å²) in [5.41, 5.74) is 0. The van der Waals surface area contributed by atoms with Crippen molar-refractivity contribution in [2.75, 3.05) is 14.1 Å². The van der Waals surface area contributed by atoms with Gasteiger partial charge in [-0.3, -0.25) is 0 Å². The van der Waals surface area contributed by atoms with Crippen LogP contribution in [0.25, 0.3) is 0 Å². The molecular formula is C17H28KNS2. The van der Waals surface area contributed by atoms with Crippen LogP contribution in [0.5, 0.6) is 0 Å². The minimum Gasteiger partial charge on any atom is -1.00 e. The Morgan fingerprint density at radius 3 is 1.14 bits per heavy atom. The molecule has 7 rings (SSSR count). The average molecular weight is 350 g/mol. The van der Waals surface area contributed by atoms with Gasteiger partial charge in [0.25, 0.3) is 0 Å². The van der Waals surface area contributed by atoms with Gasteiger partial charge in [0.15, 0.2) is 0 Å². The molecule has 114 valence electrons. The fraction of sp³-hybridized carbons (Fsp3) is 0.941. The molecule has 4 heteroatoms. The Hall–Kier alpha value is 1.88. The van der Waals surface area contributed by atoms with E-state index >= 15 is 0 Å². The Balaban J connectivity index is 0.000000196. The number of rotatable bonds is 0. The summed E-state index contributed by atoms with van der Waals surface area (Å²) in [6, 6.07) is 0. The smallest absolute Gasteiger partial charge is 1.00 e. The van der Waals surface area contributed by atoms with Gasteiger partial charge in [0.05, 0.1) is 0 Å². The molecule has 7 fully saturated rings. The molecule has 21 heavy (non-hydrogen) atoms. The van der Waals surface area contributed by atoms with Crippen molar-refractivity contribution in [1.29, 1.82) is 0 Å². The SMILES string of the molecule is C1C2CC3C4CC5CC(C14)C(C2)C3C5.CN(C)C(=S)S.[H-].[K+]. The second-order valence-corrected chi connectivity index (χ2v) is 9.42. The molecule has 7 aliphatic carbocycles. The second-order valence-electron chi connectivity index (χ2n) is 8.31. The molecule has 0 saturated heterocycles. The summed E-state index contributed by atoms with van der Waals surface area (Å²) in [7, 11) is 3.71. The monoisotopic (exact) mass is 349 g/mol. The van der Waals surface area contributed by atoms with E-state index in [9.17, 15) is 0 Å². The molecule has 8 bridgehead atoms. The molecule has 0 aromatic rings. The Morgan fingerprint density at radius 2 is 1.00 bits per heavy atom. The van der Waals surface area contributed by atoms with E-state index in [-0.39, 0.29) is 52.8 Å². The van der Waals surface area contributed by atoms with Crippen LogP contribution in [-0.2, 0) is 0 Å². The summed E-state index contributed by atoms with van der Waals surface area (Å²) >= 11 is 8.46. The zero-order valence-electron chi connectivity index (χ0n) is 14.7. The van der Waals surface area contributed by atoms with Crippen molar-refractivity contribution >= 4 is 29.2 Å². The number of thiocarbonyl (C=S) groups is 1. The van der Waals surface area contributed by atoms with Crippen LogP contribution < -0.4 is 51.4 Å². The van der Waals surface area contributed by atoms with E-state index in [0.29, 0.717) is 4.32 Å². The van der Waals surface area contributed by atoms with Crippen molar-refractivity contribution in [3.8, 4) is 0 Å². The zero-order valence-corrected chi connectivity index (χ0v) is 18.5. The number of hydrogen-bond donors (Lipinski definition) is 1. The second kappa shape index (κ2) is 6.65. The van der Waals surface area contributed by atoms with Crippen molar-refractivity contribution in [2.45, 2.75) is 38.5 Å². The van der Waals surface area contributed by atoms with Crippen LogP contribution in [0.2, 0.25) is 0 Å². The molecule has 0 spiro atoms. The first-order valence-corrected chi connectivity index (χ1v) is 9.30. The quantitative estimate of drug-likeness (QED) is 0.398. The van der Waals surface area contributed by atoms with Crippen molar-refractivity contribution in [3.63, 3.8) is 0 Å². The first-order valence-electron chi connectivity index (χ1n) is 8.44. The molecule has 0 unspecified atom stereocenters. The Labute approximate surface area is 184 Å². The summed E-state index contributed by atoms with van der Waals surface area (Å²) < 4.78 is 0.620. The summed E-state index contributed by atoms with van der Waals surface area (Å²) in [6.45, 7) is 0. The van der Waals surface area contributed by atoms with E-state index < -0.39 is 0 Å². The molecule has 0 amide bonds. The van der Waals surface area contributed by atoms with Gasteiger partial charge < -0.3 is 6.33 Å². The zero-order chi connectivity index (χ0) is 14.0. The van der Waals surface area contributed by atoms with Crippen LogP contribution in [0, 0.1) is 47.3 Å². The molecule has 7 saturated carbocycles. The van der Waals surface area contributed by atoms with E-state index in [2.05, 4.69) is 24.8 Å². The predicted molar refractivity (Wildman–Crippen MR) is 92.0 cm³/mol. The van der Waals surface area contributed by atoms with Crippen LogP contribution in [0.15, 0.2) is 0 Å². The van der Waals surface area contributed by atoms with Gasteiger partial charge in [0.2, 0.25) is 0 Å². The van der Waals surface area contributed by atoms with Crippen LogP contribution in [-0.4, -0.2) is 23.3 Å². The number of thiol groups is 1. The minimum atomic E-state index is 0. The van der Waals surface area contributed by atoms with E-state index in [0.717, 1.165) is 0 Å². The largest absolute Gasteiger partial charge is 1.00 e. The van der Waals surface area contributed by atoms with Gasteiger partial charge in [0.1, 0.15) is 4.32 Å². The summed E-state index contributed by atoms with van der Waals surface area (Å²) in [5.74, 6) is 9.74. The van der Waals surface area contributed by atoms with Gasteiger partial charge in [0, 0.05) is 14.1 Å². The first-order chi connectivity index (χ1) is 9.54. The van der Waals surface area contributed by atoms with Gasteiger partial charge in [-0.1, -0.05) is 12.2 Å². The van der Waals surface area contributed by atoms with Crippen LogP contribution in [0.4, 0.5) is 0 Å². The van der Waals surface area contributed by atoms with E-state index in [1.54, 1.807) is 43.4 Å². The first kappa shape index (κ1) is 17.7. The van der Waals surface area contributed by atoms with Crippen LogP contribution in [0.3, 0.4) is 0 Å². The molecule has 0 aromatic carbocycles. The Morgan fingerprint density at radius 1 is 0.810 bits per heavy atom.